The Balaban J connectivity index is 1.26. The lowest BCUT2D eigenvalue weighted by Crippen LogP contribution is -2.60. The molecule has 1 amide bonds. The molecule has 11 heteroatoms. The average molecular weight is 664 g/mol. The van der Waals surface area contributed by atoms with Crippen molar-refractivity contribution in [1.29, 1.82) is 0 Å². The topological polar surface area (TPSA) is 158 Å². The van der Waals surface area contributed by atoms with E-state index in [0.29, 0.717) is 18.6 Å². The fourth-order valence-corrected chi connectivity index (χ4v) is 5.58. The Morgan fingerprint density at radius 2 is 1.45 bits per heavy atom. The summed E-state index contributed by atoms with van der Waals surface area (Å²) in [6, 6.07) is 13.2. The fraction of sp³-hybridized carbons (Fsp3) is 0.639. The van der Waals surface area contributed by atoms with Crippen LogP contribution in [-0.4, -0.2) is 87.5 Å². The van der Waals surface area contributed by atoms with E-state index in [9.17, 15) is 34.7 Å². The zero-order valence-corrected chi connectivity index (χ0v) is 27.5. The summed E-state index contributed by atoms with van der Waals surface area (Å²) in [5, 5.41) is 53.2. The number of benzene rings is 2. The maximum absolute atomic E-state index is 13.1. The third-order valence-electron chi connectivity index (χ3n) is 8.54. The molecule has 1 heterocycles. The number of halogens is 1. The molecule has 7 atom stereocenters. The molecular weight excluding hydrogens is 609 g/mol. The normalized spacial score (nSPS) is 22.5. The largest absolute Gasteiger partial charge is 0.457 e. The molecule has 1 fully saturated rings. The van der Waals surface area contributed by atoms with Gasteiger partial charge in [0.1, 0.15) is 41.7 Å². The van der Waals surface area contributed by atoms with E-state index in [1.807, 2.05) is 19.1 Å². The van der Waals surface area contributed by atoms with Crippen molar-refractivity contribution in [1.82, 2.24) is 5.32 Å². The molecule has 1 saturated heterocycles. The number of aryl methyl sites for hydroxylation is 1. The monoisotopic (exact) mass is 663 g/mol. The molecule has 1 aliphatic heterocycles. The number of ether oxygens (including phenoxy) is 3. The Morgan fingerprint density at radius 1 is 0.851 bits per heavy atom. The first-order valence-electron chi connectivity index (χ1n) is 17.1. The van der Waals surface area contributed by atoms with Crippen LogP contribution in [0.4, 0.5) is 4.39 Å². The smallest absolute Gasteiger partial charge is 0.220 e. The lowest BCUT2D eigenvalue weighted by Gasteiger charge is -2.40. The molecule has 6 N–H and O–H groups in total. The molecular formula is C36H54FNO9. The number of hydrogen-bond donors (Lipinski definition) is 6. The van der Waals surface area contributed by atoms with Crippen molar-refractivity contribution in [2.75, 3.05) is 13.2 Å². The van der Waals surface area contributed by atoms with Crippen molar-refractivity contribution in [3.05, 3.63) is 59.9 Å². The maximum atomic E-state index is 13.1. The number of unbranched alkanes of at least 4 members (excludes halogenated alkanes) is 8. The van der Waals surface area contributed by atoms with Gasteiger partial charge in [-0.15, -0.1) is 0 Å². The summed E-state index contributed by atoms with van der Waals surface area (Å²) < 4.78 is 29.8. The first kappa shape index (κ1) is 38.8. The summed E-state index contributed by atoms with van der Waals surface area (Å²) in [6.07, 6.45) is 3.93. The number of rotatable bonds is 22. The van der Waals surface area contributed by atoms with Crippen molar-refractivity contribution in [3.63, 3.8) is 0 Å². The van der Waals surface area contributed by atoms with E-state index in [2.05, 4.69) is 17.4 Å². The zero-order chi connectivity index (χ0) is 34.0. The van der Waals surface area contributed by atoms with Gasteiger partial charge in [-0.3, -0.25) is 4.79 Å². The first-order chi connectivity index (χ1) is 22.7. The molecule has 1 aliphatic rings. The minimum atomic E-state index is -1.56. The van der Waals surface area contributed by atoms with Gasteiger partial charge >= 0.3 is 0 Å². The van der Waals surface area contributed by atoms with E-state index >= 15 is 0 Å². The number of hydrogen-bond acceptors (Lipinski definition) is 9. The molecule has 10 nitrogen and oxygen atoms in total. The van der Waals surface area contributed by atoms with E-state index in [1.165, 1.54) is 17.7 Å². The van der Waals surface area contributed by atoms with Crippen LogP contribution in [0.2, 0.25) is 0 Å². The zero-order valence-electron chi connectivity index (χ0n) is 27.5. The summed E-state index contributed by atoms with van der Waals surface area (Å²) in [7, 11) is 0. The van der Waals surface area contributed by atoms with Gasteiger partial charge in [-0.05, 0) is 67.6 Å². The molecule has 264 valence electrons. The molecule has 0 aromatic heterocycles. The second-order valence-electron chi connectivity index (χ2n) is 12.4. The lowest BCUT2D eigenvalue weighted by atomic mass is 9.99. The molecule has 3 rings (SSSR count). The van der Waals surface area contributed by atoms with Crippen LogP contribution in [0.15, 0.2) is 48.5 Å². The van der Waals surface area contributed by atoms with Crippen molar-refractivity contribution in [2.45, 2.75) is 133 Å². The molecule has 3 unspecified atom stereocenters. The van der Waals surface area contributed by atoms with E-state index < -0.39 is 49.5 Å². The number of carbonyl (C=O) groups is 1. The van der Waals surface area contributed by atoms with Crippen molar-refractivity contribution < 1.29 is 48.9 Å². The summed E-state index contributed by atoms with van der Waals surface area (Å²) in [6.45, 7) is 1.26. The number of amides is 1. The Labute approximate surface area is 277 Å². The summed E-state index contributed by atoms with van der Waals surface area (Å²) in [4.78, 5) is 12.7. The highest BCUT2D eigenvalue weighted by Gasteiger charge is 2.44. The fourth-order valence-electron chi connectivity index (χ4n) is 5.58. The quantitative estimate of drug-likeness (QED) is 0.0997. The number of aliphatic hydroxyl groups is 5. The molecule has 0 bridgehead atoms. The predicted octanol–water partition coefficient (Wildman–Crippen LogP) is 4.52. The third kappa shape index (κ3) is 13.8. The van der Waals surface area contributed by atoms with Crippen LogP contribution in [0.3, 0.4) is 0 Å². The van der Waals surface area contributed by atoms with Crippen LogP contribution >= 0.6 is 0 Å². The minimum Gasteiger partial charge on any atom is -0.457 e. The summed E-state index contributed by atoms with van der Waals surface area (Å²) >= 11 is 0. The van der Waals surface area contributed by atoms with Gasteiger partial charge in [-0.1, -0.05) is 70.4 Å². The number of aliphatic hydroxyl groups excluding tert-OH is 5. The molecule has 47 heavy (non-hydrogen) atoms. The van der Waals surface area contributed by atoms with Gasteiger partial charge in [0.2, 0.25) is 5.91 Å². The van der Waals surface area contributed by atoms with Gasteiger partial charge in [-0.25, -0.2) is 4.39 Å². The van der Waals surface area contributed by atoms with Gasteiger partial charge in [0.25, 0.3) is 0 Å². The van der Waals surface area contributed by atoms with Crippen LogP contribution in [0.1, 0.15) is 89.5 Å². The van der Waals surface area contributed by atoms with E-state index in [1.54, 1.807) is 12.1 Å². The third-order valence-corrected chi connectivity index (χ3v) is 8.54. The Morgan fingerprint density at radius 3 is 2.06 bits per heavy atom. The minimum absolute atomic E-state index is 0.170. The van der Waals surface area contributed by atoms with Gasteiger partial charge in [0.15, 0.2) is 6.29 Å². The van der Waals surface area contributed by atoms with Gasteiger partial charge < -0.3 is 45.1 Å². The van der Waals surface area contributed by atoms with Gasteiger partial charge in [0.05, 0.1) is 25.4 Å². The van der Waals surface area contributed by atoms with Crippen LogP contribution in [0, 0.1) is 5.82 Å². The molecule has 0 spiro atoms. The van der Waals surface area contributed by atoms with Gasteiger partial charge in [0, 0.05) is 6.42 Å². The lowest BCUT2D eigenvalue weighted by molar-refractivity contribution is -0.302. The van der Waals surface area contributed by atoms with Crippen molar-refractivity contribution in [3.8, 4) is 11.5 Å². The number of carbonyl (C=O) groups excluding carboxylic acids is 1. The Hall–Kier alpha value is -2.64. The van der Waals surface area contributed by atoms with E-state index in [-0.39, 0.29) is 18.3 Å². The van der Waals surface area contributed by atoms with Crippen LogP contribution in [-0.2, 0) is 20.7 Å². The molecule has 2 aromatic carbocycles. The molecule has 2 aromatic rings. The molecule has 0 aliphatic carbocycles. The number of nitrogens with one attached hydrogen (secondary N) is 1. The van der Waals surface area contributed by atoms with Crippen molar-refractivity contribution in [2.24, 2.45) is 0 Å². The summed E-state index contributed by atoms with van der Waals surface area (Å²) in [5.41, 5.74) is 1.26. The van der Waals surface area contributed by atoms with Crippen LogP contribution in [0.5, 0.6) is 11.5 Å². The van der Waals surface area contributed by atoms with E-state index in [4.69, 9.17) is 14.2 Å². The summed E-state index contributed by atoms with van der Waals surface area (Å²) in [5.74, 6) is 0.842. The second kappa shape index (κ2) is 21.4. The standard InChI is InChI=1S/C36H54FNO9/c1-2-3-13-30(40)29(24-45-36-35(44)34(43)33(42)31(23-39)47-36)38-32(41)14-11-9-7-5-4-6-8-10-12-25-15-19-27(20-16-25)46-28-21-17-26(37)18-22-28/h15-22,29-31,33-36,39-40,42-44H,2-14,23-24H2,1H3,(H,38,41)/t29-,30+,31?,33+,34?,35?,36-/m0/s1. The maximum Gasteiger partial charge on any atom is 0.220 e. The Kier molecular flexibility index (Phi) is 17.6. The highest BCUT2D eigenvalue weighted by molar-refractivity contribution is 5.76. The second-order valence-corrected chi connectivity index (χ2v) is 12.4. The Bertz CT molecular complexity index is 1130. The van der Waals surface area contributed by atoms with Crippen molar-refractivity contribution >= 4 is 5.91 Å². The highest BCUT2D eigenvalue weighted by Crippen LogP contribution is 2.24. The van der Waals surface area contributed by atoms with Gasteiger partial charge in [-0.2, -0.15) is 0 Å². The highest BCUT2D eigenvalue weighted by atomic mass is 19.1. The van der Waals surface area contributed by atoms with Crippen LogP contribution in [0.25, 0.3) is 0 Å². The predicted molar refractivity (Wildman–Crippen MR) is 175 cm³/mol. The van der Waals surface area contributed by atoms with Crippen LogP contribution < -0.4 is 10.1 Å². The first-order valence-corrected chi connectivity index (χ1v) is 17.1. The average Bonchev–Trinajstić information content (AvgIpc) is 3.07. The SMILES string of the molecule is CCCC[C@@H](O)[C@H](CO[C@H]1OC(CO)[C@@H](O)C(O)C1O)NC(=O)CCCCCCCCCCc1ccc(Oc2ccc(F)cc2)cc1. The molecule has 0 radical (unpaired) electrons. The molecule has 0 saturated carbocycles. The van der Waals surface area contributed by atoms with E-state index in [0.717, 1.165) is 76.4 Å².